The smallest absolute Gasteiger partial charge is 0.291 e. The minimum atomic E-state index is -0.142. The monoisotopic (exact) mass is 499 g/mol. The zero-order valence-electron chi connectivity index (χ0n) is 20.9. The molecule has 0 aliphatic carbocycles. The second-order valence-corrected chi connectivity index (χ2v) is 10.00. The lowest BCUT2D eigenvalue weighted by atomic mass is 9.85. The van der Waals surface area contributed by atoms with E-state index >= 15 is 0 Å². The van der Waals surface area contributed by atoms with E-state index in [1.54, 1.807) is 10.7 Å². The number of nitrogens with zero attached hydrogens (tertiary/aromatic N) is 7. The van der Waals surface area contributed by atoms with Crippen LogP contribution in [0.15, 0.2) is 30.9 Å². The largest absolute Gasteiger partial charge is 0.383 e. The highest BCUT2D eigenvalue weighted by Gasteiger charge is 2.45. The van der Waals surface area contributed by atoms with E-state index in [1.165, 1.54) is 13.3 Å². The van der Waals surface area contributed by atoms with Crippen molar-refractivity contribution in [1.82, 2.24) is 39.7 Å². The Labute approximate surface area is 213 Å². The zero-order chi connectivity index (χ0) is 25.7. The van der Waals surface area contributed by atoms with Gasteiger partial charge in [0.1, 0.15) is 12.1 Å². The Bertz CT molecular complexity index is 1460. The summed E-state index contributed by atoms with van der Waals surface area (Å²) >= 11 is 0. The molecule has 2 unspecified atom stereocenters. The summed E-state index contributed by atoms with van der Waals surface area (Å²) in [6.45, 7) is 3.64. The normalized spacial score (nSPS) is 21.0. The first kappa shape index (κ1) is 23.3. The van der Waals surface area contributed by atoms with Crippen molar-refractivity contribution in [2.75, 3.05) is 5.73 Å². The number of nitrogen functional groups attached to an aromatic ring is 1. The molecule has 0 saturated carbocycles. The highest BCUT2D eigenvalue weighted by atomic mass is 16.2. The van der Waals surface area contributed by atoms with Crippen LogP contribution in [0.1, 0.15) is 84.2 Å². The summed E-state index contributed by atoms with van der Waals surface area (Å²) in [5.41, 5.74) is 11.0. The summed E-state index contributed by atoms with van der Waals surface area (Å²) in [4.78, 5) is 41.5. The first-order valence-corrected chi connectivity index (χ1v) is 12.8. The molecule has 190 valence electrons. The van der Waals surface area contributed by atoms with Crippen LogP contribution in [0.25, 0.3) is 16.8 Å². The second-order valence-electron chi connectivity index (χ2n) is 10.00. The van der Waals surface area contributed by atoms with Crippen LogP contribution in [0, 0.1) is 0 Å². The number of H-pyrrole nitrogens is 1. The third-order valence-corrected chi connectivity index (χ3v) is 7.68. The van der Waals surface area contributed by atoms with Crippen molar-refractivity contribution in [3.05, 3.63) is 53.6 Å². The summed E-state index contributed by atoms with van der Waals surface area (Å²) in [5, 5.41) is 11.0. The standard InChI is InChI=1S/C26H29N9O2/c1-3-4-17-6-5-15(11-28-17)20-12-31-35-23(27)21(14(2)36)22(32-25(20)35)16-9-18-7-8-19(10-16)34(18)26(37)24-29-13-30-33-24/h5-6,11-13,16,18-19H,3-4,7-10,27H2,1-2H3,(H,29,30,33). The average Bonchev–Trinajstić information content (AvgIpc) is 3.63. The molecule has 0 radical (unpaired) electrons. The topological polar surface area (TPSA) is 148 Å². The van der Waals surface area contributed by atoms with E-state index in [-0.39, 0.29) is 35.5 Å². The Hall–Kier alpha value is -4.15. The van der Waals surface area contributed by atoms with Gasteiger partial charge in [0.05, 0.1) is 17.5 Å². The van der Waals surface area contributed by atoms with Crippen LogP contribution in [0.5, 0.6) is 0 Å². The van der Waals surface area contributed by atoms with Crippen LogP contribution in [0.2, 0.25) is 0 Å². The number of ketones is 1. The molecule has 11 nitrogen and oxygen atoms in total. The Morgan fingerprint density at radius 3 is 2.54 bits per heavy atom. The van der Waals surface area contributed by atoms with Crippen molar-refractivity contribution in [2.24, 2.45) is 0 Å². The summed E-state index contributed by atoms with van der Waals surface area (Å²) in [5.74, 6) is 0.274. The first-order valence-electron chi connectivity index (χ1n) is 12.8. The van der Waals surface area contributed by atoms with E-state index < -0.39 is 0 Å². The molecular formula is C26H29N9O2. The van der Waals surface area contributed by atoms with Gasteiger partial charge in [-0.25, -0.2) is 9.97 Å². The molecule has 4 aromatic heterocycles. The van der Waals surface area contributed by atoms with Gasteiger partial charge in [0.15, 0.2) is 11.4 Å². The number of hydrogen-bond acceptors (Lipinski definition) is 8. The molecule has 37 heavy (non-hydrogen) atoms. The number of nitrogens with one attached hydrogen (secondary N) is 1. The molecule has 6 heterocycles. The molecule has 3 N–H and O–H groups in total. The van der Waals surface area contributed by atoms with Crippen LogP contribution >= 0.6 is 0 Å². The van der Waals surface area contributed by atoms with Crippen molar-refractivity contribution < 1.29 is 9.59 Å². The summed E-state index contributed by atoms with van der Waals surface area (Å²) in [6.07, 6.45) is 10.1. The number of anilines is 1. The van der Waals surface area contributed by atoms with Crippen LogP contribution in [-0.2, 0) is 6.42 Å². The molecule has 2 saturated heterocycles. The van der Waals surface area contributed by atoms with Crippen LogP contribution in [-0.4, -0.2) is 63.4 Å². The summed E-state index contributed by atoms with van der Waals surface area (Å²) in [6, 6.07) is 4.13. The van der Waals surface area contributed by atoms with Gasteiger partial charge in [-0.15, -0.1) is 0 Å². The van der Waals surface area contributed by atoms with Gasteiger partial charge < -0.3 is 10.6 Å². The maximum absolute atomic E-state index is 13.1. The second kappa shape index (κ2) is 9.06. The van der Waals surface area contributed by atoms with Crippen LogP contribution < -0.4 is 5.73 Å². The SMILES string of the molecule is CCCc1ccc(-c2cnn3c(N)c(C(C)=O)c(C4CC5CCC(C4)N5C(=O)c4ncn[nH]4)nc23)cn1. The third kappa shape index (κ3) is 3.85. The van der Waals surface area contributed by atoms with Gasteiger partial charge in [0.25, 0.3) is 5.91 Å². The Balaban J connectivity index is 1.39. The number of aryl methyl sites for hydroxylation is 1. The van der Waals surface area contributed by atoms with E-state index in [0.717, 1.165) is 42.5 Å². The molecule has 1 amide bonds. The number of piperidine rings is 1. The fraction of sp³-hybridized carbons (Fsp3) is 0.423. The van der Waals surface area contributed by atoms with Crippen molar-refractivity contribution in [3.8, 4) is 11.1 Å². The highest BCUT2D eigenvalue weighted by molar-refractivity contribution is 6.00. The number of amides is 1. The van der Waals surface area contributed by atoms with Gasteiger partial charge >= 0.3 is 0 Å². The molecule has 2 aliphatic rings. The van der Waals surface area contributed by atoms with Crippen LogP contribution in [0.3, 0.4) is 0 Å². The molecule has 2 bridgehead atoms. The number of aromatic nitrogens is 7. The van der Waals surface area contributed by atoms with Gasteiger partial charge in [-0.05, 0) is 45.1 Å². The molecule has 11 heteroatoms. The average molecular weight is 500 g/mol. The van der Waals surface area contributed by atoms with Gasteiger partial charge in [-0.2, -0.15) is 14.7 Å². The van der Waals surface area contributed by atoms with Crippen molar-refractivity contribution >= 4 is 23.2 Å². The Morgan fingerprint density at radius 2 is 1.92 bits per heavy atom. The molecule has 6 rings (SSSR count). The van der Waals surface area contributed by atoms with Gasteiger partial charge in [-0.1, -0.05) is 19.4 Å². The van der Waals surface area contributed by atoms with E-state index in [4.69, 9.17) is 10.7 Å². The number of aromatic amines is 1. The molecule has 2 aliphatic heterocycles. The maximum Gasteiger partial charge on any atom is 0.291 e. The molecule has 2 fully saturated rings. The number of fused-ring (bicyclic) bond motifs is 3. The highest BCUT2D eigenvalue weighted by Crippen LogP contribution is 2.45. The predicted octanol–water partition coefficient (Wildman–Crippen LogP) is 3.20. The number of hydrogen-bond donors (Lipinski definition) is 2. The molecule has 4 aromatic rings. The van der Waals surface area contributed by atoms with E-state index in [1.807, 2.05) is 23.2 Å². The summed E-state index contributed by atoms with van der Waals surface area (Å²) in [7, 11) is 0. The number of rotatable bonds is 6. The van der Waals surface area contributed by atoms with Crippen molar-refractivity contribution in [3.63, 3.8) is 0 Å². The first-order chi connectivity index (χ1) is 18.0. The van der Waals surface area contributed by atoms with Crippen molar-refractivity contribution in [2.45, 2.75) is 70.4 Å². The van der Waals surface area contributed by atoms with E-state index in [0.29, 0.717) is 35.6 Å². The fourth-order valence-electron chi connectivity index (χ4n) is 6.04. The van der Waals surface area contributed by atoms with Crippen LogP contribution in [0.4, 0.5) is 5.82 Å². The molecule has 0 aromatic carbocycles. The van der Waals surface area contributed by atoms with Gasteiger partial charge in [0, 0.05) is 41.0 Å². The lowest BCUT2D eigenvalue weighted by Gasteiger charge is -2.38. The minimum Gasteiger partial charge on any atom is -0.383 e. The van der Waals surface area contributed by atoms with E-state index in [9.17, 15) is 9.59 Å². The minimum absolute atomic E-state index is 0.00437. The summed E-state index contributed by atoms with van der Waals surface area (Å²) < 4.78 is 1.55. The molecule has 2 atom stereocenters. The number of carbonyl (C=O) groups is 2. The number of pyridine rings is 1. The molecule has 0 spiro atoms. The van der Waals surface area contributed by atoms with Crippen molar-refractivity contribution in [1.29, 1.82) is 0 Å². The quantitative estimate of drug-likeness (QED) is 0.384. The van der Waals surface area contributed by atoms with Gasteiger partial charge in [0.2, 0.25) is 5.82 Å². The maximum atomic E-state index is 13.1. The number of carbonyl (C=O) groups excluding carboxylic acids is 2. The Kier molecular flexibility index (Phi) is 5.69. The number of nitrogens with two attached hydrogens (primary N) is 1. The molecular weight excluding hydrogens is 470 g/mol. The number of Topliss-reactive ketones (excluding diaryl/α,β-unsaturated/α-hetero) is 1. The van der Waals surface area contributed by atoms with E-state index in [2.05, 4.69) is 32.2 Å². The fourth-order valence-corrected chi connectivity index (χ4v) is 6.04. The third-order valence-electron chi connectivity index (χ3n) is 7.68. The predicted molar refractivity (Wildman–Crippen MR) is 136 cm³/mol. The zero-order valence-corrected chi connectivity index (χ0v) is 20.9. The lowest BCUT2D eigenvalue weighted by molar-refractivity contribution is 0.0556. The lowest BCUT2D eigenvalue weighted by Crippen LogP contribution is -2.46. The van der Waals surface area contributed by atoms with Gasteiger partial charge in [-0.3, -0.25) is 19.7 Å². The Morgan fingerprint density at radius 1 is 1.14 bits per heavy atom.